The highest BCUT2D eigenvalue weighted by Crippen LogP contribution is 2.66. The lowest BCUT2D eigenvalue weighted by Crippen LogP contribution is -2.51. The van der Waals surface area contributed by atoms with Crippen LogP contribution in [0.25, 0.3) is 0 Å². The zero-order valence-corrected chi connectivity index (χ0v) is 24.2. The molecule has 0 aliphatic heterocycles. The monoisotopic (exact) mass is 556 g/mol. The average Bonchev–Trinajstić information content (AvgIpc) is 3.17. The third kappa shape index (κ3) is 4.74. The van der Waals surface area contributed by atoms with Gasteiger partial charge in [0, 0.05) is 23.3 Å². The first-order chi connectivity index (χ1) is 19.0. The summed E-state index contributed by atoms with van der Waals surface area (Å²) in [5, 5.41) is 12.2. The molecule has 6 rings (SSSR count). The molecule has 5 atom stereocenters. The van der Waals surface area contributed by atoms with Crippen LogP contribution < -0.4 is 4.18 Å². The van der Waals surface area contributed by atoms with Crippen LogP contribution >= 0.6 is 0 Å². The van der Waals surface area contributed by atoms with E-state index in [1.807, 2.05) is 6.08 Å². The molecule has 0 heterocycles. The molecule has 208 valence electrons. The highest BCUT2D eigenvalue weighted by Gasteiger charge is 2.62. The topological polar surface area (TPSA) is 80.7 Å². The predicted octanol–water partition coefficient (Wildman–Crippen LogP) is 6.02. The summed E-state index contributed by atoms with van der Waals surface area (Å²) in [7, 11) is -3.60. The van der Waals surface area contributed by atoms with Crippen LogP contribution in [0.4, 0.5) is 0 Å². The Kier molecular flexibility index (Phi) is 6.59. The van der Waals surface area contributed by atoms with Crippen LogP contribution in [0, 0.1) is 36.0 Å². The molecule has 6 heteroatoms. The minimum Gasteiger partial charge on any atom is -0.383 e. The van der Waals surface area contributed by atoms with Crippen molar-refractivity contribution in [1.82, 2.24) is 0 Å². The van der Waals surface area contributed by atoms with Crippen LogP contribution in [0.15, 0.2) is 71.3 Å². The summed E-state index contributed by atoms with van der Waals surface area (Å²) >= 11 is 0. The van der Waals surface area contributed by atoms with Crippen molar-refractivity contribution in [2.24, 2.45) is 17.3 Å². The summed E-state index contributed by atoms with van der Waals surface area (Å²) in [6.45, 7) is 4.36. The van der Waals surface area contributed by atoms with Gasteiger partial charge in [-0.2, -0.15) is 8.42 Å². The fraction of sp³-hybridized carbons (Fsp3) is 0.441. The Hall–Kier alpha value is -3.14. The van der Waals surface area contributed by atoms with E-state index < -0.39 is 21.1 Å². The van der Waals surface area contributed by atoms with Crippen molar-refractivity contribution in [1.29, 1.82) is 0 Å². The van der Waals surface area contributed by atoms with E-state index >= 15 is 0 Å². The van der Waals surface area contributed by atoms with E-state index in [2.05, 4.69) is 50.0 Å². The van der Waals surface area contributed by atoms with Crippen LogP contribution in [0.1, 0.15) is 74.5 Å². The average molecular weight is 557 g/mol. The van der Waals surface area contributed by atoms with Crippen molar-refractivity contribution in [3.8, 4) is 17.6 Å². The Bertz CT molecular complexity index is 1600. The molecular weight excluding hydrogens is 520 g/mol. The smallest absolute Gasteiger partial charge is 0.306 e. The van der Waals surface area contributed by atoms with Crippen LogP contribution in [0.2, 0.25) is 0 Å². The fourth-order valence-corrected chi connectivity index (χ4v) is 8.46. The highest BCUT2D eigenvalue weighted by atomic mass is 32.2. The van der Waals surface area contributed by atoms with E-state index in [-0.39, 0.29) is 17.5 Å². The van der Waals surface area contributed by atoms with Crippen LogP contribution in [-0.4, -0.2) is 31.2 Å². The molecule has 40 heavy (non-hydrogen) atoms. The molecule has 0 aromatic heterocycles. The molecule has 4 aliphatic carbocycles. The lowest BCUT2D eigenvalue weighted by Gasteiger charge is -2.53. The van der Waals surface area contributed by atoms with Crippen molar-refractivity contribution in [3.05, 3.63) is 88.0 Å². The van der Waals surface area contributed by atoms with Crippen molar-refractivity contribution in [3.63, 3.8) is 0 Å². The molecule has 0 amide bonds. The van der Waals surface area contributed by atoms with Gasteiger partial charge in [0.25, 0.3) is 0 Å². The van der Waals surface area contributed by atoms with E-state index in [1.165, 1.54) is 27.8 Å². The van der Waals surface area contributed by atoms with Gasteiger partial charge in [-0.3, -0.25) is 4.79 Å². The van der Waals surface area contributed by atoms with Crippen molar-refractivity contribution >= 4 is 15.9 Å². The van der Waals surface area contributed by atoms with Crippen LogP contribution in [0.5, 0.6) is 5.75 Å². The summed E-state index contributed by atoms with van der Waals surface area (Å²) in [5.74, 6) is 7.84. The molecule has 2 fully saturated rings. The predicted molar refractivity (Wildman–Crippen MR) is 155 cm³/mol. The summed E-state index contributed by atoms with van der Waals surface area (Å²) in [5.41, 5.74) is 5.83. The Morgan fingerprint density at radius 3 is 2.55 bits per heavy atom. The van der Waals surface area contributed by atoms with Gasteiger partial charge in [-0.15, -0.1) is 0 Å². The minimum absolute atomic E-state index is 0.178. The molecule has 2 aromatic carbocycles. The molecule has 0 bridgehead atoms. The van der Waals surface area contributed by atoms with Crippen LogP contribution in [0.3, 0.4) is 0 Å². The molecule has 5 nitrogen and oxygen atoms in total. The van der Waals surface area contributed by atoms with E-state index in [0.29, 0.717) is 30.2 Å². The minimum atomic E-state index is -3.60. The number of hydrogen-bond acceptors (Lipinski definition) is 5. The number of rotatable bonds is 3. The molecule has 2 saturated carbocycles. The summed E-state index contributed by atoms with van der Waals surface area (Å²) in [4.78, 5) is 12.3. The number of hydrogen-bond donors (Lipinski definition) is 1. The second kappa shape index (κ2) is 9.75. The first-order valence-electron chi connectivity index (χ1n) is 14.2. The number of aliphatic hydroxyl groups is 1. The number of benzene rings is 2. The van der Waals surface area contributed by atoms with Gasteiger partial charge in [-0.25, -0.2) is 0 Å². The lowest BCUT2D eigenvalue weighted by molar-refractivity contribution is -0.114. The highest BCUT2D eigenvalue weighted by molar-refractivity contribution is 7.86. The van der Waals surface area contributed by atoms with E-state index in [1.54, 1.807) is 24.3 Å². The third-order valence-corrected chi connectivity index (χ3v) is 10.3. The van der Waals surface area contributed by atoms with Gasteiger partial charge in [0.15, 0.2) is 5.78 Å². The lowest BCUT2D eigenvalue weighted by atomic mass is 9.51. The number of carbonyl (C=O) groups excluding carboxylic acids is 1. The second-order valence-corrected chi connectivity index (χ2v) is 13.9. The third-order valence-electron chi connectivity index (χ3n) is 9.85. The molecule has 0 unspecified atom stereocenters. The van der Waals surface area contributed by atoms with Gasteiger partial charge in [0.2, 0.25) is 0 Å². The van der Waals surface area contributed by atoms with Crippen molar-refractivity contribution in [2.45, 2.75) is 70.3 Å². The summed E-state index contributed by atoms with van der Waals surface area (Å²) in [6, 6.07) is 15.4. The number of ketones is 1. The van der Waals surface area contributed by atoms with Gasteiger partial charge >= 0.3 is 10.1 Å². The standard InChI is InChI=1S/C34H36O5S/c1-22-5-4-6-24(19-22)30-21-33(2)31(29-13-9-25-20-26(35)10-14-28(25)32(29)30)16-18-34(33,36)17-15-23-7-11-27(12-8-23)39-40(3,37)38/h4-8,11-12,19-20,29-31,36H,9-10,13-14,16,18,21H2,1-3H3/t29-,30+,31-,33-,34-/m0/s1. The molecule has 2 aromatic rings. The first-order valence-corrected chi connectivity index (χ1v) is 16.1. The molecular formula is C34H36O5S. The van der Waals surface area contributed by atoms with Crippen molar-refractivity contribution < 1.29 is 22.5 Å². The van der Waals surface area contributed by atoms with Gasteiger partial charge in [-0.05, 0) is 104 Å². The molecule has 4 aliphatic rings. The Morgan fingerprint density at radius 1 is 1.05 bits per heavy atom. The van der Waals surface area contributed by atoms with E-state index in [4.69, 9.17) is 4.18 Å². The second-order valence-electron chi connectivity index (χ2n) is 12.4. The summed E-state index contributed by atoms with van der Waals surface area (Å²) < 4.78 is 27.8. The maximum atomic E-state index is 12.3. The van der Waals surface area contributed by atoms with Gasteiger partial charge < -0.3 is 9.29 Å². The Balaban J connectivity index is 1.39. The van der Waals surface area contributed by atoms with Gasteiger partial charge in [0.05, 0.1) is 6.26 Å². The van der Waals surface area contributed by atoms with E-state index in [0.717, 1.165) is 38.4 Å². The zero-order valence-electron chi connectivity index (χ0n) is 23.4. The number of allylic oxidation sites excluding steroid dienone is 4. The van der Waals surface area contributed by atoms with Crippen LogP contribution in [-0.2, 0) is 14.9 Å². The van der Waals surface area contributed by atoms with Crippen molar-refractivity contribution in [2.75, 3.05) is 6.26 Å². The SMILES string of the molecule is Cc1cccc([C@H]2C[C@@]3(C)[C@@H](CC[C@@]3(O)C#Cc3ccc(OS(C)(=O)=O)cc3)[C@@H]3CCC4=CC(=O)CCC4=C32)c1. The molecule has 0 spiro atoms. The maximum absolute atomic E-state index is 12.3. The maximum Gasteiger partial charge on any atom is 0.306 e. The van der Waals surface area contributed by atoms with E-state index in [9.17, 15) is 18.3 Å². The first kappa shape index (κ1) is 27.1. The molecule has 1 N–H and O–H groups in total. The van der Waals surface area contributed by atoms with Gasteiger partial charge in [-0.1, -0.05) is 54.2 Å². The molecule has 0 radical (unpaired) electrons. The quantitative estimate of drug-likeness (QED) is 0.370. The fourth-order valence-electron chi connectivity index (χ4n) is 8.00. The number of aryl methyl sites for hydroxylation is 1. The largest absolute Gasteiger partial charge is 0.383 e. The normalized spacial score (nSPS) is 31.4. The number of fused-ring (bicyclic) bond motifs is 4. The zero-order chi connectivity index (χ0) is 28.3. The Morgan fingerprint density at radius 2 is 1.82 bits per heavy atom. The summed E-state index contributed by atoms with van der Waals surface area (Å²) in [6.07, 6.45) is 8.60. The van der Waals surface area contributed by atoms with Gasteiger partial charge in [0.1, 0.15) is 11.4 Å². The Labute approximate surface area is 237 Å². The number of carbonyl (C=O) groups is 1. The molecule has 0 saturated heterocycles.